The van der Waals surface area contributed by atoms with Crippen LogP contribution in [0.5, 0.6) is 0 Å². The van der Waals surface area contributed by atoms with E-state index >= 15 is 0 Å². The van der Waals surface area contributed by atoms with Gasteiger partial charge < -0.3 is 0 Å². The number of piperazine rings is 1. The summed E-state index contributed by atoms with van der Waals surface area (Å²) in [5.41, 5.74) is 0. The Hall–Kier alpha value is -0.680. The minimum absolute atomic E-state index is 0.0982. The lowest BCUT2D eigenvalue weighted by atomic mass is 10.2. The third kappa shape index (κ3) is 3.64. The fourth-order valence-corrected chi connectivity index (χ4v) is 3.15. The minimum atomic E-state index is -3.32. The van der Waals surface area contributed by atoms with Crippen LogP contribution in [-0.2, 0) is 10.2 Å². The van der Waals surface area contributed by atoms with E-state index in [2.05, 4.69) is 10.8 Å². The second-order valence-electron chi connectivity index (χ2n) is 3.99. The van der Waals surface area contributed by atoms with E-state index in [1.165, 1.54) is 4.31 Å². The van der Waals surface area contributed by atoms with Gasteiger partial charge in [-0.15, -0.1) is 0 Å². The Morgan fingerprint density at radius 1 is 1.29 bits per heavy atom. The van der Waals surface area contributed by atoms with Gasteiger partial charge in [0.05, 0.1) is 12.1 Å². The Bertz CT molecular complexity index is 368. The summed E-state index contributed by atoms with van der Waals surface area (Å²) in [6.07, 6.45) is 0.774. The third-order valence-corrected chi connectivity index (χ3v) is 4.61. The summed E-state index contributed by atoms with van der Waals surface area (Å²) in [5.74, 6) is 0. The first-order valence-corrected chi connectivity index (χ1v) is 7.37. The predicted molar refractivity (Wildman–Crippen MR) is 65.4 cm³/mol. The van der Waals surface area contributed by atoms with Gasteiger partial charge in [0, 0.05) is 32.7 Å². The average Bonchev–Trinajstić information content (AvgIpc) is 2.31. The van der Waals surface area contributed by atoms with Crippen molar-refractivity contribution >= 4 is 10.2 Å². The van der Waals surface area contributed by atoms with Crippen molar-refractivity contribution in [3.63, 3.8) is 0 Å². The Morgan fingerprint density at radius 3 is 2.29 bits per heavy atom. The van der Waals surface area contributed by atoms with Crippen LogP contribution in [0, 0.1) is 11.3 Å². The first-order chi connectivity index (χ1) is 8.05. The van der Waals surface area contributed by atoms with Crippen LogP contribution in [0.4, 0.5) is 0 Å². The first kappa shape index (κ1) is 14.4. The highest BCUT2D eigenvalue weighted by Crippen LogP contribution is 2.10. The summed E-state index contributed by atoms with van der Waals surface area (Å²) in [5, 5.41) is 8.95. The van der Waals surface area contributed by atoms with Crippen LogP contribution >= 0.6 is 0 Å². The molecule has 1 aliphatic heterocycles. The molecule has 1 heterocycles. The van der Waals surface area contributed by atoms with Crippen molar-refractivity contribution in [2.75, 3.05) is 32.7 Å². The van der Waals surface area contributed by atoms with Crippen LogP contribution in [0.15, 0.2) is 0 Å². The zero-order chi connectivity index (χ0) is 12.9. The Kier molecular flexibility index (Phi) is 5.33. The van der Waals surface area contributed by atoms with Crippen molar-refractivity contribution in [3.05, 3.63) is 0 Å². The first-order valence-electron chi connectivity index (χ1n) is 5.93. The van der Waals surface area contributed by atoms with Gasteiger partial charge in [-0.25, -0.2) is 4.72 Å². The summed E-state index contributed by atoms with van der Waals surface area (Å²) in [6, 6.07) is 2.14. The van der Waals surface area contributed by atoms with Crippen LogP contribution in [0.25, 0.3) is 0 Å². The standard InChI is InChI=1S/C10H20N4O2S/c1-3-10(9-11)13-5-7-14(8-6-13)17(15,16)12-4-2/h10,12H,3-8H2,1-2H3. The number of nitrogens with zero attached hydrogens (tertiary/aromatic N) is 3. The summed E-state index contributed by atoms with van der Waals surface area (Å²) >= 11 is 0. The summed E-state index contributed by atoms with van der Waals surface area (Å²) < 4.78 is 27.4. The molecule has 0 saturated carbocycles. The van der Waals surface area contributed by atoms with Gasteiger partial charge in [-0.3, -0.25) is 4.90 Å². The molecule has 1 saturated heterocycles. The maximum atomic E-state index is 11.7. The van der Waals surface area contributed by atoms with E-state index in [0.717, 1.165) is 6.42 Å². The maximum absolute atomic E-state index is 11.7. The molecule has 1 fully saturated rings. The maximum Gasteiger partial charge on any atom is 0.279 e. The molecule has 0 aromatic rings. The highest BCUT2D eigenvalue weighted by atomic mass is 32.2. The second kappa shape index (κ2) is 6.31. The van der Waals surface area contributed by atoms with Crippen LogP contribution in [0.2, 0.25) is 0 Å². The Labute approximate surface area is 103 Å². The van der Waals surface area contributed by atoms with Crippen LogP contribution in [0.1, 0.15) is 20.3 Å². The Morgan fingerprint density at radius 2 is 1.88 bits per heavy atom. The van der Waals surface area contributed by atoms with Crippen molar-refractivity contribution < 1.29 is 8.42 Å². The molecule has 17 heavy (non-hydrogen) atoms. The monoisotopic (exact) mass is 260 g/mol. The zero-order valence-electron chi connectivity index (χ0n) is 10.4. The molecule has 0 aromatic carbocycles. The average molecular weight is 260 g/mol. The third-order valence-electron chi connectivity index (χ3n) is 2.92. The van der Waals surface area contributed by atoms with E-state index in [4.69, 9.17) is 5.26 Å². The van der Waals surface area contributed by atoms with Crippen molar-refractivity contribution in [2.24, 2.45) is 0 Å². The number of nitriles is 1. The Balaban J connectivity index is 2.54. The molecule has 0 aromatic heterocycles. The van der Waals surface area contributed by atoms with E-state index in [0.29, 0.717) is 32.7 Å². The number of hydrogen-bond donors (Lipinski definition) is 1. The molecule has 0 bridgehead atoms. The van der Waals surface area contributed by atoms with Gasteiger partial charge in [-0.05, 0) is 6.42 Å². The molecule has 0 aliphatic carbocycles. The molecule has 1 N–H and O–H groups in total. The van der Waals surface area contributed by atoms with E-state index in [1.54, 1.807) is 6.92 Å². The fourth-order valence-electron chi connectivity index (χ4n) is 1.96. The molecule has 1 rings (SSSR count). The lowest BCUT2D eigenvalue weighted by Crippen LogP contribution is -2.54. The largest absolute Gasteiger partial charge is 0.285 e. The molecule has 0 amide bonds. The molecular formula is C10H20N4O2S. The quantitative estimate of drug-likeness (QED) is 0.740. The van der Waals surface area contributed by atoms with Gasteiger partial charge in [-0.1, -0.05) is 13.8 Å². The zero-order valence-corrected chi connectivity index (χ0v) is 11.2. The van der Waals surface area contributed by atoms with Gasteiger partial charge >= 0.3 is 0 Å². The lowest BCUT2D eigenvalue weighted by Gasteiger charge is -2.35. The molecule has 6 nitrogen and oxygen atoms in total. The summed E-state index contributed by atoms with van der Waals surface area (Å²) in [7, 11) is -3.32. The molecule has 0 spiro atoms. The van der Waals surface area contributed by atoms with Crippen molar-refractivity contribution in [3.8, 4) is 6.07 Å². The number of hydrogen-bond acceptors (Lipinski definition) is 4. The van der Waals surface area contributed by atoms with Gasteiger partial charge in [0.2, 0.25) is 0 Å². The van der Waals surface area contributed by atoms with E-state index in [-0.39, 0.29) is 6.04 Å². The minimum Gasteiger partial charge on any atom is -0.285 e. The molecule has 1 unspecified atom stereocenters. The van der Waals surface area contributed by atoms with Gasteiger partial charge in [0.1, 0.15) is 0 Å². The topological polar surface area (TPSA) is 76.4 Å². The van der Waals surface area contributed by atoms with Crippen molar-refractivity contribution in [2.45, 2.75) is 26.3 Å². The molecular weight excluding hydrogens is 240 g/mol. The summed E-state index contributed by atoms with van der Waals surface area (Å²) in [4.78, 5) is 2.04. The van der Waals surface area contributed by atoms with E-state index in [1.807, 2.05) is 11.8 Å². The van der Waals surface area contributed by atoms with E-state index < -0.39 is 10.2 Å². The predicted octanol–water partition coefficient (Wildman–Crippen LogP) is -0.240. The highest BCUT2D eigenvalue weighted by Gasteiger charge is 2.28. The van der Waals surface area contributed by atoms with Crippen LogP contribution in [0.3, 0.4) is 0 Å². The van der Waals surface area contributed by atoms with Crippen molar-refractivity contribution in [1.29, 1.82) is 5.26 Å². The lowest BCUT2D eigenvalue weighted by molar-refractivity contribution is 0.159. The smallest absolute Gasteiger partial charge is 0.279 e. The summed E-state index contributed by atoms with van der Waals surface area (Å²) in [6.45, 7) is 6.28. The SMILES string of the molecule is CCNS(=O)(=O)N1CCN(C(C#N)CC)CC1. The second-order valence-corrected chi connectivity index (χ2v) is 5.75. The number of rotatable bonds is 5. The molecule has 98 valence electrons. The molecule has 1 atom stereocenters. The van der Waals surface area contributed by atoms with E-state index in [9.17, 15) is 8.42 Å². The van der Waals surface area contributed by atoms with Gasteiger partial charge in [-0.2, -0.15) is 18.0 Å². The van der Waals surface area contributed by atoms with Crippen molar-refractivity contribution in [1.82, 2.24) is 13.9 Å². The van der Waals surface area contributed by atoms with Gasteiger partial charge in [0.15, 0.2) is 0 Å². The van der Waals surface area contributed by atoms with Crippen LogP contribution in [-0.4, -0.2) is 56.4 Å². The highest BCUT2D eigenvalue weighted by molar-refractivity contribution is 7.87. The van der Waals surface area contributed by atoms with Crippen LogP contribution < -0.4 is 4.72 Å². The van der Waals surface area contributed by atoms with Gasteiger partial charge in [0.25, 0.3) is 10.2 Å². The molecule has 1 aliphatic rings. The normalized spacial score (nSPS) is 21.0. The molecule has 7 heteroatoms. The molecule has 0 radical (unpaired) electrons. The number of nitrogens with one attached hydrogen (secondary N) is 1. The fraction of sp³-hybridized carbons (Fsp3) is 0.900.